The Kier molecular flexibility index (Phi) is 6.92. The first kappa shape index (κ1) is 20.9. The summed E-state index contributed by atoms with van der Waals surface area (Å²) >= 11 is 0. The fourth-order valence-electron chi connectivity index (χ4n) is 3.44. The number of rotatable bonds is 7. The molecule has 0 aromatic heterocycles. The number of hydrogen-bond donors (Lipinski definition) is 0. The van der Waals surface area contributed by atoms with E-state index in [1.807, 2.05) is 12.1 Å². The molecule has 0 aliphatic heterocycles. The number of halogens is 3. The van der Waals surface area contributed by atoms with E-state index in [1.54, 1.807) is 25.1 Å². The molecule has 3 rings (SSSR count). The maximum Gasteiger partial charge on any atom is 0.133 e. The summed E-state index contributed by atoms with van der Waals surface area (Å²) in [6.45, 7) is 3.86. The molecule has 29 heavy (non-hydrogen) atoms. The second-order valence-electron chi connectivity index (χ2n) is 7.20. The van der Waals surface area contributed by atoms with E-state index in [9.17, 15) is 13.2 Å². The Labute approximate surface area is 170 Å². The van der Waals surface area contributed by atoms with E-state index in [0.717, 1.165) is 17.5 Å². The van der Waals surface area contributed by atoms with Crippen molar-refractivity contribution < 1.29 is 13.2 Å². The number of benzene rings is 3. The van der Waals surface area contributed by atoms with E-state index in [2.05, 4.69) is 19.1 Å². The predicted octanol–water partition coefficient (Wildman–Crippen LogP) is 8.20. The summed E-state index contributed by atoms with van der Waals surface area (Å²) in [5, 5.41) is 0. The van der Waals surface area contributed by atoms with Crippen LogP contribution in [0.15, 0.2) is 60.7 Å². The lowest BCUT2D eigenvalue weighted by Crippen LogP contribution is -1.93. The summed E-state index contributed by atoms with van der Waals surface area (Å²) in [6.07, 6.45) is 7.53. The summed E-state index contributed by atoms with van der Waals surface area (Å²) in [4.78, 5) is 0. The van der Waals surface area contributed by atoms with Crippen LogP contribution < -0.4 is 0 Å². The lowest BCUT2D eigenvalue weighted by Gasteiger charge is -2.10. The zero-order valence-electron chi connectivity index (χ0n) is 16.8. The van der Waals surface area contributed by atoms with Crippen LogP contribution in [0.1, 0.15) is 44.2 Å². The van der Waals surface area contributed by atoms with Crippen molar-refractivity contribution in [3.63, 3.8) is 0 Å². The van der Waals surface area contributed by atoms with Crippen molar-refractivity contribution in [2.75, 3.05) is 0 Å². The number of aryl methyl sites for hydroxylation is 1. The van der Waals surface area contributed by atoms with Gasteiger partial charge in [0.25, 0.3) is 0 Å². The van der Waals surface area contributed by atoms with Gasteiger partial charge in [-0.25, -0.2) is 13.2 Å². The van der Waals surface area contributed by atoms with Gasteiger partial charge in [-0.05, 0) is 60.2 Å². The number of hydrogen-bond acceptors (Lipinski definition) is 0. The van der Waals surface area contributed by atoms with Crippen molar-refractivity contribution in [3.05, 3.63) is 89.3 Å². The fourth-order valence-corrected chi connectivity index (χ4v) is 3.44. The molecule has 3 aromatic rings. The Hall–Kier alpha value is -2.81. The van der Waals surface area contributed by atoms with Gasteiger partial charge in [-0.3, -0.25) is 0 Å². The molecule has 0 radical (unpaired) electrons. The average Bonchev–Trinajstić information content (AvgIpc) is 2.71. The monoisotopic (exact) mass is 394 g/mol. The summed E-state index contributed by atoms with van der Waals surface area (Å²) in [6, 6.07) is 15.2. The summed E-state index contributed by atoms with van der Waals surface area (Å²) in [7, 11) is 0. The third kappa shape index (κ3) is 4.97. The van der Waals surface area contributed by atoms with Crippen LogP contribution in [0.3, 0.4) is 0 Å². The number of allylic oxidation sites excluding steroid dienone is 1. The Morgan fingerprint density at radius 2 is 1.34 bits per heavy atom. The topological polar surface area (TPSA) is 0 Å². The van der Waals surface area contributed by atoms with Crippen molar-refractivity contribution in [1.29, 1.82) is 0 Å². The van der Waals surface area contributed by atoms with Gasteiger partial charge in [0.1, 0.15) is 17.5 Å². The quantitative estimate of drug-likeness (QED) is 0.354. The van der Waals surface area contributed by atoms with E-state index in [0.29, 0.717) is 0 Å². The fraction of sp³-hybridized carbons (Fsp3) is 0.231. The van der Waals surface area contributed by atoms with Crippen LogP contribution in [0.2, 0.25) is 0 Å². The van der Waals surface area contributed by atoms with Crippen LogP contribution in [0.5, 0.6) is 0 Å². The Bertz CT molecular complexity index is 978. The normalized spacial score (nSPS) is 11.3. The van der Waals surface area contributed by atoms with Crippen LogP contribution in [0.25, 0.3) is 28.3 Å². The van der Waals surface area contributed by atoms with Gasteiger partial charge in [0.2, 0.25) is 0 Å². The lowest BCUT2D eigenvalue weighted by atomic mass is 9.97. The maximum absolute atomic E-state index is 14.8. The molecule has 0 atom stereocenters. The highest BCUT2D eigenvalue weighted by Gasteiger charge is 2.13. The molecule has 0 spiro atoms. The van der Waals surface area contributed by atoms with Crippen LogP contribution in [-0.2, 0) is 6.42 Å². The molecule has 0 saturated heterocycles. The molecule has 0 nitrogen and oxygen atoms in total. The molecule has 0 bridgehead atoms. The van der Waals surface area contributed by atoms with Gasteiger partial charge >= 0.3 is 0 Å². The van der Waals surface area contributed by atoms with Gasteiger partial charge in [-0.2, -0.15) is 0 Å². The third-order valence-corrected chi connectivity index (χ3v) is 5.05. The van der Waals surface area contributed by atoms with Crippen molar-refractivity contribution in [3.8, 4) is 22.3 Å². The maximum atomic E-state index is 14.8. The Balaban J connectivity index is 1.85. The molecule has 0 N–H and O–H groups in total. The molecule has 0 heterocycles. The minimum Gasteiger partial charge on any atom is -0.206 e. The van der Waals surface area contributed by atoms with Gasteiger partial charge in [0.05, 0.1) is 0 Å². The Morgan fingerprint density at radius 1 is 0.724 bits per heavy atom. The molecule has 3 aromatic carbocycles. The Morgan fingerprint density at radius 3 is 1.93 bits per heavy atom. The van der Waals surface area contributed by atoms with Crippen LogP contribution in [0, 0.1) is 17.5 Å². The minimum absolute atomic E-state index is 0.118. The highest BCUT2D eigenvalue weighted by atomic mass is 19.1. The van der Waals surface area contributed by atoms with Crippen molar-refractivity contribution in [2.24, 2.45) is 0 Å². The highest BCUT2D eigenvalue weighted by Crippen LogP contribution is 2.30. The predicted molar refractivity (Wildman–Crippen MR) is 115 cm³/mol. The van der Waals surface area contributed by atoms with Gasteiger partial charge in [-0.15, -0.1) is 0 Å². The highest BCUT2D eigenvalue weighted by molar-refractivity contribution is 5.72. The molecule has 150 valence electrons. The lowest BCUT2D eigenvalue weighted by molar-refractivity contribution is 0.579. The number of unbranched alkanes of at least 4 members (excludes halogenated alkanes) is 2. The summed E-state index contributed by atoms with van der Waals surface area (Å²) in [5.41, 5.74) is 3.16. The molecule has 0 fully saturated rings. The van der Waals surface area contributed by atoms with Crippen LogP contribution in [0.4, 0.5) is 13.2 Å². The summed E-state index contributed by atoms with van der Waals surface area (Å²) in [5.74, 6) is -1.92. The van der Waals surface area contributed by atoms with E-state index >= 15 is 0 Å². The zero-order chi connectivity index (χ0) is 20.8. The SMILES string of the molecule is C/C=C/c1c(F)cc(-c2ccc(-c3ccc(CCCCC)cc3)cc2F)cc1F. The van der Waals surface area contributed by atoms with Crippen molar-refractivity contribution in [1.82, 2.24) is 0 Å². The second kappa shape index (κ2) is 9.60. The first-order valence-electron chi connectivity index (χ1n) is 10.0. The van der Waals surface area contributed by atoms with Crippen LogP contribution >= 0.6 is 0 Å². The largest absolute Gasteiger partial charge is 0.206 e. The second-order valence-corrected chi connectivity index (χ2v) is 7.20. The van der Waals surface area contributed by atoms with Gasteiger partial charge < -0.3 is 0 Å². The smallest absolute Gasteiger partial charge is 0.133 e. The molecule has 0 unspecified atom stereocenters. The first-order valence-corrected chi connectivity index (χ1v) is 10.0. The van der Waals surface area contributed by atoms with Crippen molar-refractivity contribution >= 4 is 6.08 Å². The van der Waals surface area contributed by atoms with Crippen LogP contribution in [-0.4, -0.2) is 0 Å². The van der Waals surface area contributed by atoms with Gasteiger partial charge in [0, 0.05) is 11.1 Å². The van der Waals surface area contributed by atoms with E-state index < -0.39 is 17.5 Å². The molecule has 0 saturated carbocycles. The molecule has 3 heteroatoms. The first-order chi connectivity index (χ1) is 14.0. The minimum atomic E-state index is -0.708. The molecule has 0 amide bonds. The average molecular weight is 394 g/mol. The van der Waals surface area contributed by atoms with Gasteiger partial charge in [0.15, 0.2) is 0 Å². The van der Waals surface area contributed by atoms with E-state index in [-0.39, 0.29) is 16.7 Å². The van der Waals surface area contributed by atoms with E-state index in [1.165, 1.54) is 49.1 Å². The molecule has 0 aliphatic carbocycles. The molecular weight excluding hydrogens is 369 g/mol. The summed E-state index contributed by atoms with van der Waals surface area (Å²) < 4.78 is 43.1. The molecular formula is C26H25F3. The van der Waals surface area contributed by atoms with Gasteiger partial charge in [-0.1, -0.05) is 68.3 Å². The standard InChI is InChI=1S/C26H25F3/c1-3-5-6-8-18-9-11-19(12-10-18)20-13-14-22(24(27)15-20)21-16-25(28)23(7-4-2)26(29)17-21/h4,7,9-17H,3,5-6,8H2,1-2H3/b7-4+. The molecule has 0 aliphatic rings. The van der Waals surface area contributed by atoms with Crippen molar-refractivity contribution in [2.45, 2.75) is 39.5 Å². The van der Waals surface area contributed by atoms with E-state index in [4.69, 9.17) is 0 Å². The third-order valence-electron chi connectivity index (χ3n) is 5.05. The zero-order valence-corrected chi connectivity index (χ0v) is 16.8.